The number of aliphatic hydroxyl groups is 2. The Bertz CT molecular complexity index is 630. The second kappa shape index (κ2) is 8.61. The summed E-state index contributed by atoms with van der Waals surface area (Å²) in [4.78, 5) is 0. The molecule has 4 aliphatic carbocycles. The third-order valence-corrected chi connectivity index (χ3v) is 12.1. The second-order valence-electron chi connectivity index (χ2n) is 13.4. The second-order valence-corrected chi connectivity index (χ2v) is 13.4. The molecule has 0 bridgehead atoms. The summed E-state index contributed by atoms with van der Waals surface area (Å²) in [7, 11) is 0. The lowest BCUT2D eigenvalue weighted by Crippen LogP contribution is -2.61. The maximum absolute atomic E-state index is 11.6. The predicted molar refractivity (Wildman–Crippen MR) is 130 cm³/mol. The van der Waals surface area contributed by atoms with Crippen LogP contribution >= 0.6 is 0 Å². The van der Waals surface area contributed by atoms with Crippen molar-refractivity contribution in [2.75, 3.05) is 0 Å². The Morgan fingerprint density at radius 1 is 0.871 bits per heavy atom. The van der Waals surface area contributed by atoms with Crippen LogP contribution in [0, 0.1) is 52.3 Å². The summed E-state index contributed by atoms with van der Waals surface area (Å²) in [5.41, 5.74) is 0.138. The predicted octanol–water partition coefficient (Wildman–Crippen LogP) is 7.22. The van der Waals surface area contributed by atoms with Gasteiger partial charge >= 0.3 is 0 Å². The van der Waals surface area contributed by atoms with Crippen molar-refractivity contribution < 1.29 is 10.2 Å². The molecule has 2 nitrogen and oxygen atoms in total. The average Bonchev–Trinajstić information content (AvgIpc) is 3.08. The van der Waals surface area contributed by atoms with Crippen LogP contribution in [0.25, 0.3) is 0 Å². The van der Waals surface area contributed by atoms with Crippen LogP contribution in [0.1, 0.15) is 119 Å². The van der Waals surface area contributed by atoms with Crippen LogP contribution in [0.5, 0.6) is 0 Å². The maximum Gasteiger partial charge on any atom is 0.0703 e. The highest BCUT2D eigenvalue weighted by atomic mass is 16.3. The van der Waals surface area contributed by atoms with Gasteiger partial charge in [0.1, 0.15) is 0 Å². The zero-order chi connectivity index (χ0) is 22.6. The van der Waals surface area contributed by atoms with E-state index >= 15 is 0 Å². The third kappa shape index (κ3) is 3.74. The van der Waals surface area contributed by atoms with Crippen molar-refractivity contribution in [1.29, 1.82) is 0 Å². The lowest BCUT2D eigenvalue weighted by atomic mass is 9.43. The molecular formula is C29H52O2. The molecule has 4 fully saturated rings. The quantitative estimate of drug-likeness (QED) is 0.465. The molecule has 10 atom stereocenters. The fourth-order valence-corrected chi connectivity index (χ4v) is 9.86. The number of hydrogen-bond acceptors (Lipinski definition) is 2. The Balaban J connectivity index is 1.50. The molecule has 2 heteroatoms. The van der Waals surface area contributed by atoms with Crippen molar-refractivity contribution in [3.05, 3.63) is 0 Å². The first-order valence-electron chi connectivity index (χ1n) is 14.0. The molecule has 31 heavy (non-hydrogen) atoms. The molecule has 0 saturated heterocycles. The van der Waals surface area contributed by atoms with Gasteiger partial charge in [0, 0.05) is 0 Å². The highest BCUT2D eigenvalue weighted by Gasteiger charge is 2.64. The minimum Gasteiger partial charge on any atom is -0.393 e. The monoisotopic (exact) mass is 432 g/mol. The van der Waals surface area contributed by atoms with Crippen molar-refractivity contribution in [3.63, 3.8) is 0 Å². The number of hydrogen-bond donors (Lipinski definition) is 2. The van der Waals surface area contributed by atoms with Gasteiger partial charge in [0.15, 0.2) is 0 Å². The van der Waals surface area contributed by atoms with E-state index in [1.807, 2.05) is 0 Å². The fraction of sp³-hybridized carbons (Fsp3) is 1.00. The Hall–Kier alpha value is -0.0800. The van der Waals surface area contributed by atoms with E-state index in [1.54, 1.807) is 0 Å². The molecule has 0 heterocycles. The van der Waals surface area contributed by atoms with Crippen molar-refractivity contribution in [3.8, 4) is 0 Å². The smallest absolute Gasteiger partial charge is 0.0703 e. The Kier molecular flexibility index (Phi) is 6.68. The van der Waals surface area contributed by atoms with Gasteiger partial charge < -0.3 is 10.2 Å². The molecular weight excluding hydrogens is 380 g/mol. The summed E-state index contributed by atoms with van der Waals surface area (Å²) in [5, 5.41) is 22.9. The van der Waals surface area contributed by atoms with Crippen molar-refractivity contribution >= 4 is 0 Å². The van der Waals surface area contributed by atoms with E-state index in [0.29, 0.717) is 35.0 Å². The van der Waals surface area contributed by atoms with E-state index in [1.165, 1.54) is 57.8 Å². The van der Waals surface area contributed by atoms with Gasteiger partial charge in [-0.3, -0.25) is 0 Å². The lowest BCUT2D eigenvalue weighted by molar-refractivity contribution is -0.205. The molecule has 0 aromatic carbocycles. The van der Waals surface area contributed by atoms with Gasteiger partial charge in [0.25, 0.3) is 0 Å². The molecule has 4 rings (SSSR count). The van der Waals surface area contributed by atoms with Gasteiger partial charge in [-0.1, -0.05) is 60.8 Å². The molecule has 0 spiro atoms. The van der Waals surface area contributed by atoms with Crippen LogP contribution in [0.2, 0.25) is 0 Å². The summed E-state index contributed by atoms with van der Waals surface area (Å²) >= 11 is 0. The van der Waals surface area contributed by atoms with Crippen LogP contribution in [-0.2, 0) is 0 Å². The number of fused-ring (bicyclic) bond motifs is 5. The molecule has 0 aromatic heterocycles. The van der Waals surface area contributed by atoms with E-state index in [9.17, 15) is 10.2 Å². The SMILES string of the molecule is CCC(CC(O)[C@@H](C)[C@H]1CC[C@H]2[C@@H]3CCC4(O)CCCC[C@]4(C)[C@H]3CC[C@]12C)C(C)C. The minimum atomic E-state index is -0.395. The van der Waals surface area contributed by atoms with Gasteiger partial charge in [-0.05, 0) is 110 Å². The highest BCUT2D eigenvalue weighted by molar-refractivity contribution is 5.13. The van der Waals surface area contributed by atoms with Gasteiger partial charge in [0.2, 0.25) is 0 Å². The summed E-state index contributed by atoms with van der Waals surface area (Å²) in [6.07, 6.45) is 14.4. The summed E-state index contributed by atoms with van der Waals surface area (Å²) in [6.45, 7) is 14.3. The first kappa shape index (κ1) is 24.1. The molecule has 0 radical (unpaired) electrons. The minimum absolute atomic E-state index is 0.143. The summed E-state index contributed by atoms with van der Waals surface area (Å²) in [6, 6.07) is 0. The lowest BCUT2D eigenvalue weighted by Gasteiger charge is -2.63. The van der Waals surface area contributed by atoms with Crippen molar-refractivity contribution in [2.45, 2.75) is 130 Å². The fourth-order valence-electron chi connectivity index (χ4n) is 9.86. The zero-order valence-electron chi connectivity index (χ0n) is 21.5. The Morgan fingerprint density at radius 3 is 2.26 bits per heavy atom. The van der Waals surface area contributed by atoms with Crippen LogP contribution in [-0.4, -0.2) is 21.9 Å². The van der Waals surface area contributed by atoms with Crippen molar-refractivity contribution in [2.24, 2.45) is 52.3 Å². The van der Waals surface area contributed by atoms with Crippen LogP contribution in [0.15, 0.2) is 0 Å². The summed E-state index contributed by atoms with van der Waals surface area (Å²) in [5.74, 6) is 4.70. The first-order chi connectivity index (χ1) is 14.6. The Morgan fingerprint density at radius 2 is 1.58 bits per heavy atom. The van der Waals surface area contributed by atoms with E-state index in [4.69, 9.17) is 0 Å². The average molecular weight is 433 g/mol. The van der Waals surface area contributed by atoms with Gasteiger partial charge in [-0.2, -0.15) is 0 Å². The largest absolute Gasteiger partial charge is 0.393 e. The highest BCUT2D eigenvalue weighted by Crippen LogP contribution is 2.69. The number of aliphatic hydroxyl groups excluding tert-OH is 1. The van der Waals surface area contributed by atoms with E-state index in [-0.39, 0.29) is 11.5 Å². The maximum atomic E-state index is 11.6. The molecule has 4 saturated carbocycles. The zero-order valence-corrected chi connectivity index (χ0v) is 21.5. The molecule has 3 unspecified atom stereocenters. The molecule has 0 amide bonds. The van der Waals surface area contributed by atoms with Crippen molar-refractivity contribution in [1.82, 2.24) is 0 Å². The number of rotatable bonds is 6. The van der Waals surface area contributed by atoms with Crippen LogP contribution in [0.4, 0.5) is 0 Å². The van der Waals surface area contributed by atoms with Gasteiger partial charge in [0.05, 0.1) is 11.7 Å². The van der Waals surface area contributed by atoms with Gasteiger partial charge in [-0.15, -0.1) is 0 Å². The van der Waals surface area contributed by atoms with Gasteiger partial charge in [-0.25, -0.2) is 0 Å². The molecule has 2 N–H and O–H groups in total. The first-order valence-corrected chi connectivity index (χ1v) is 14.0. The van der Waals surface area contributed by atoms with E-state index in [2.05, 4.69) is 41.5 Å². The normalized spacial score (nSPS) is 47.9. The molecule has 180 valence electrons. The summed E-state index contributed by atoms with van der Waals surface area (Å²) < 4.78 is 0. The third-order valence-electron chi connectivity index (χ3n) is 12.1. The van der Waals surface area contributed by atoms with E-state index in [0.717, 1.165) is 31.1 Å². The topological polar surface area (TPSA) is 40.5 Å². The molecule has 4 aliphatic rings. The van der Waals surface area contributed by atoms with Crippen LogP contribution in [0.3, 0.4) is 0 Å². The molecule has 0 aliphatic heterocycles. The standard InChI is InChI=1S/C29H52O2/c1-7-21(19(2)3)18-26(30)20(4)23-10-11-24-22-12-17-29(31)15-9-8-14-28(29,6)25(22)13-16-27(23,24)5/h19-26,30-31H,7-18H2,1-6H3/t20-,21?,22-,23+,24-,25-,26?,27+,28+,29?/m0/s1. The van der Waals surface area contributed by atoms with Crippen LogP contribution < -0.4 is 0 Å². The Labute approximate surface area is 193 Å². The van der Waals surface area contributed by atoms with E-state index < -0.39 is 5.60 Å². The molecule has 0 aromatic rings.